The van der Waals surface area contributed by atoms with Crippen LogP contribution in [-0.4, -0.2) is 10.3 Å². The van der Waals surface area contributed by atoms with Crippen molar-refractivity contribution in [2.75, 3.05) is 0 Å². The molecule has 0 aliphatic carbocycles. The van der Waals surface area contributed by atoms with E-state index >= 15 is 0 Å². The Labute approximate surface area is 334 Å². The van der Waals surface area contributed by atoms with E-state index in [9.17, 15) is 0 Å². The quantitative estimate of drug-likeness (QED) is 0.155. The van der Waals surface area contributed by atoms with Gasteiger partial charge in [-0.15, -0.1) is 0 Å². The van der Waals surface area contributed by atoms with E-state index in [0.29, 0.717) is 0 Å². The van der Waals surface area contributed by atoms with Crippen molar-refractivity contribution in [2.45, 2.75) is 12.8 Å². The Morgan fingerprint density at radius 3 is 1.37 bits per heavy atom. The molecule has 2 nitrogen and oxygen atoms in total. The Bertz CT molecular complexity index is 2900. The van der Waals surface area contributed by atoms with Crippen molar-refractivity contribution in [3.63, 3.8) is 0 Å². The van der Waals surface area contributed by atoms with Gasteiger partial charge in [0.2, 0.25) is 0 Å². The molecular formula is C55H40N2. The van der Waals surface area contributed by atoms with Crippen LogP contribution in [0.3, 0.4) is 0 Å². The lowest BCUT2D eigenvalue weighted by atomic mass is 9.92. The van der Waals surface area contributed by atoms with E-state index in [-0.39, 0.29) is 0 Å². The van der Waals surface area contributed by atoms with E-state index in [2.05, 4.69) is 223 Å². The lowest BCUT2D eigenvalue weighted by Crippen LogP contribution is -2.02. The fourth-order valence-electron chi connectivity index (χ4n) is 8.22. The highest BCUT2D eigenvalue weighted by Crippen LogP contribution is 2.36. The van der Waals surface area contributed by atoms with Crippen molar-refractivity contribution in [3.05, 3.63) is 235 Å². The summed E-state index contributed by atoms with van der Waals surface area (Å²) in [7, 11) is 0. The third-order valence-electron chi connectivity index (χ3n) is 11.1. The molecule has 0 spiro atoms. The van der Waals surface area contributed by atoms with Crippen LogP contribution < -0.4 is 0 Å². The van der Waals surface area contributed by atoms with Gasteiger partial charge in [-0.05, 0) is 111 Å². The number of nitrogens with zero attached hydrogens (tertiary/aromatic N) is 2. The summed E-state index contributed by atoms with van der Waals surface area (Å²) in [6, 6.07) is 74.2. The van der Waals surface area contributed by atoms with Crippen LogP contribution in [0.15, 0.2) is 223 Å². The Hall–Kier alpha value is -7.29. The lowest BCUT2D eigenvalue weighted by Gasteiger charge is -2.15. The maximum absolute atomic E-state index is 5.32. The van der Waals surface area contributed by atoms with Crippen LogP contribution >= 0.6 is 0 Å². The van der Waals surface area contributed by atoms with Crippen molar-refractivity contribution in [3.8, 4) is 39.1 Å². The number of hydrogen-bond acceptors (Lipinski definition) is 1. The van der Waals surface area contributed by atoms with Gasteiger partial charge >= 0.3 is 0 Å². The molecule has 0 bridgehead atoms. The second kappa shape index (κ2) is 15.1. The minimum absolute atomic E-state index is 0.918. The first-order valence-electron chi connectivity index (χ1n) is 19.8. The zero-order valence-electron chi connectivity index (χ0n) is 31.6. The molecular weight excluding hydrogens is 689 g/mol. The fourth-order valence-corrected chi connectivity index (χ4v) is 8.22. The highest BCUT2D eigenvalue weighted by atomic mass is 15.0. The average Bonchev–Trinajstić information content (AvgIpc) is 3.62. The molecule has 1 aromatic heterocycles. The van der Waals surface area contributed by atoms with E-state index in [4.69, 9.17) is 4.99 Å². The summed E-state index contributed by atoms with van der Waals surface area (Å²) in [6.45, 7) is 0. The van der Waals surface area contributed by atoms with Gasteiger partial charge in [-0.3, -0.25) is 0 Å². The summed E-state index contributed by atoms with van der Waals surface area (Å²) >= 11 is 0. The Morgan fingerprint density at radius 2 is 0.807 bits per heavy atom. The number of para-hydroxylation sites is 2. The molecule has 1 aliphatic rings. The number of aliphatic imine (C=N–C) groups is 1. The molecule has 0 fully saturated rings. The van der Waals surface area contributed by atoms with Crippen molar-refractivity contribution < 1.29 is 0 Å². The molecule has 1 aliphatic heterocycles. The van der Waals surface area contributed by atoms with Gasteiger partial charge in [0.25, 0.3) is 0 Å². The third kappa shape index (κ3) is 6.83. The normalized spacial score (nSPS) is 13.1. The SMILES string of the molecule is C1=C(c2ccccc2)CCC=C(c2ccc(-c3cc(-c4ccccc4)cc(-c4ccc(-n5c6ccccc6c6ccccc65)cc4)c3)cc2)N=C1c1ccccc1. The molecule has 57 heavy (non-hydrogen) atoms. The summed E-state index contributed by atoms with van der Waals surface area (Å²) in [6.07, 6.45) is 6.44. The maximum Gasteiger partial charge on any atom is 0.0712 e. The highest BCUT2D eigenvalue weighted by molar-refractivity contribution is 6.14. The molecule has 0 N–H and O–H groups in total. The van der Waals surface area contributed by atoms with Gasteiger partial charge in [-0.25, -0.2) is 4.99 Å². The predicted molar refractivity (Wildman–Crippen MR) is 242 cm³/mol. The Morgan fingerprint density at radius 1 is 0.368 bits per heavy atom. The maximum atomic E-state index is 5.32. The van der Waals surface area contributed by atoms with Gasteiger partial charge in [-0.2, -0.15) is 0 Å². The predicted octanol–water partition coefficient (Wildman–Crippen LogP) is 14.5. The molecule has 270 valence electrons. The molecule has 2 heterocycles. The Balaban J connectivity index is 1.01. The summed E-state index contributed by atoms with van der Waals surface area (Å²) in [4.78, 5) is 5.32. The van der Waals surface area contributed by atoms with Gasteiger partial charge in [0.1, 0.15) is 0 Å². The molecule has 0 amide bonds. The average molecular weight is 729 g/mol. The van der Waals surface area contributed by atoms with Crippen molar-refractivity contribution >= 4 is 38.8 Å². The monoisotopic (exact) mass is 728 g/mol. The number of rotatable bonds is 7. The minimum Gasteiger partial charge on any atom is -0.309 e. The standard InChI is InChI=1S/C55H40N2/c1-4-15-39(16-5-1)45-21-14-24-52(56-53(38-45)43-19-8-3-9-20-43)44-29-27-41(28-30-44)47-35-46(40-17-6-2-7-18-40)36-48(37-47)42-31-33-49(34-32-42)57-54-25-12-10-22-50(54)51-23-11-13-26-55(51)57/h1-13,15-20,22-38H,14,21H2. The van der Waals surface area contributed by atoms with Crippen molar-refractivity contribution in [2.24, 2.45) is 4.99 Å². The van der Waals surface area contributed by atoms with Gasteiger partial charge < -0.3 is 4.57 Å². The van der Waals surface area contributed by atoms with Gasteiger partial charge in [0, 0.05) is 22.0 Å². The Kier molecular flexibility index (Phi) is 9.06. The summed E-state index contributed by atoms with van der Waals surface area (Å²) in [5.74, 6) is 0. The first-order chi connectivity index (χ1) is 28.2. The number of benzene rings is 8. The first-order valence-corrected chi connectivity index (χ1v) is 19.8. The van der Waals surface area contributed by atoms with E-state index in [1.807, 2.05) is 0 Å². The first kappa shape index (κ1) is 34.2. The molecule has 0 saturated heterocycles. The molecule has 9 aromatic rings. The minimum atomic E-state index is 0.918. The van der Waals surface area contributed by atoms with Crippen LogP contribution in [0.2, 0.25) is 0 Å². The van der Waals surface area contributed by atoms with Crippen LogP contribution in [-0.2, 0) is 0 Å². The van der Waals surface area contributed by atoms with Crippen LogP contribution in [0.1, 0.15) is 29.5 Å². The van der Waals surface area contributed by atoms with E-state index in [1.54, 1.807) is 0 Å². The number of allylic oxidation sites excluding steroid dienone is 3. The van der Waals surface area contributed by atoms with Crippen LogP contribution in [0.5, 0.6) is 0 Å². The topological polar surface area (TPSA) is 17.3 Å². The van der Waals surface area contributed by atoms with Crippen LogP contribution in [0.4, 0.5) is 0 Å². The molecule has 0 radical (unpaired) electrons. The molecule has 0 unspecified atom stereocenters. The zero-order chi connectivity index (χ0) is 38.0. The van der Waals surface area contributed by atoms with Crippen molar-refractivity contribution in [1.82, 2.24) is 4.57 Å². The highest BCUT2D eigenvalue weighted by Gasteiger charge is 2.15. The summed E-state index contributed by atoms with van der Waals surface area (Å²) < 4.78 is 2.37. The molecule has 8 aromatic carbocycles. The number of hydrogen-bond donors (Lipinski definition) is 0. The molecule has 0 saturated carbocycles. The summed E-state index contributed by atoms with van der Waals surface area (Å²) in [5, 5.41) is 2.54. The third-order valence-corrected chi connectivity index (χ3v) is 11.1. The zero-order valence-corrected chi connectivity index (χ0v) is 31.6. The van der Waals surface area contributed by atoms with Crippen LogP contribution in [0.25, 0.3) is 72.1 Å². The molecule has 2 heteroatoms. The van der Waals surface area contributed by atoms with E-state index in [0.717, 1.165) is 41.1 Å². The van der Waals surface area contributed by atoms with E-state index < -0.39 is 0 Å². The molecule has 0 atom stereocenters. The number of fused-ring (bicyclic) bond motifs is 3. The number of aromatic nitrogens is 1. The summed E-state index contributed by atoms with van der Waals surface area (Å²) in [5.41, 5.74) is 17.5. The van der Waals surface area contributed by atoms with Gasteiger partial charge in [-0.1, -0.05) is 170 Å². The second-order valence-electron chi connectivity index (χ2n) is 14.7. The van der Waals surface area contributed by atoms with Crippen LogP contribution in [0, 0.1) is 0 Å². The van der Waals surface area contributed by atoms with Gasteiger partial charge in [0.15, 0.2) is 0 Å². The lowest BCUT2D eigenvalue weighted by molar-refractivity contribution is 1.06. The van der Waals surface area contributed by atoms with E-state index in [1.165, 1.54) is 66.3 Å². The largest absolute Gasteiger partial charge is 0.309 e. The van der Waals surface area contributed by atoms with Gasteiger partial charge in [0.05, 0.1) is 22.4 Å². The second-order valence-corrected chi connectivity index (χ2v) is 14.7. The van der Waals surface area contributed by atoms with Crippen molar-refractivity contribution in [1.29, 1.82) is 0 Å². The molecule has 10 rings (SSSR count). The smallest absolute Gasteiger partial charge is 0.0712 e. The fraction of sp³-hybridized carbons (Fsp3) is 0.0364.